The fourth-order valence-corrected chi connectivity index (χ4v) is 3.98. The van der Waals surface area contributed by atoms with Crippen LogP contribution in [0.15, 0.2) is 0 Å². The van der Waals surface area contributed by atoms with Crippen LogP contribution in [0, 0.1) is 23.7 Å². The van der Waals surface area contributed by atoms with Gasteiger partial charge in [0.25, 0.3) is 0 Å². The second kappa shape index (κ2) is 5.50. The summed E-state index contributed by atoms with van der Waals surface area (Å²) in [7, 11) is 0. The molecular formula is C16H32N2. The highest BCUT2D eigenvalue weighted by Crippen LogP contribution is 2.41. The van der Waals surface area contributed by atoms with Gasteiger partial charge in [0.15, 0.2) is 0 Å². The van der Waals surface area contributed by atoms with E-state index in [0.29, 0.717) is 5.54 Å². The van der Waals surface area contributed by atoms with E-state index >= 15 is 0 Å². The predicted molar refractivity (Wildman–Crippen MR) is 78.5 cm³/mol. The largest absolute Gasteiger partial charge is 0.329 e. The summed E-state index contributed by atoms with van der Waals surface area (Å²) in [6.07, 6.45) is 5.34. The van der Waals surface area contributed by atoms with Gasteiger partial charge >= 0.3 is 0 Å². The lowest BCUT2D eigenvalue weighted by molar-refractivity contribution is -0.0163. The molecule has 5 atom stereocenters. The van der Waals surface area contributed by atoms with Crippen molar-refractivity contribution >= 4 is 0 Å². The topological polar surface area (TPSA) is 29.3 Å². The van der Waals surface area contributed by atoms with Crippen molar-refractivity contribution < 1.29 is 0 Å². The fourth-order valence-electron chi connectivity index (χ4n) is 3.98. The van der Waals surface area contributed by atoms with Crippen molar-refractivity contribution in [3.8, 4) is 0 Å². The first-order valence-corrected chi connectivity index (χ1v) is 7.93. The van der Waals surface area contributed by atoms with E-state index in [-0.39, 0.29) is 0 Å². The van der Waals surface area contributed by atoms with Gasteiger partial charge in [-0.15, -0.1) is 0 Å². The molecule has 2 nitrogen and oxygen atoms in total. The molecule has 1 saturated carbocycles. The second-order valence-corrected chi connectivity index (χ2v) is 7.32. The summed E-state index contributed by atoms with van der Waals surface area (Å²) in [4.78, 5) is 2.75. The standard InChI is InChI=1S/C16H32N2/c1-12-5-7-16(11-17,9-14(12)3)18-8-6-13(2)15(4)10-18/h12-15H,5-11,17H2,1-4H3. The number of rotatable bonds is 2. The first-order valence-electron chi connectivity index (χ1n) is 7.93. The minimum absolute atomic E-state index is 0.320. The van der Waals surface area contributed by atoms with Gasteiger partial charge < -0.3 is 5.73 Å². The van der Waals surface area contributed by atoms with Crippen molar-refractivity contribution in [3.63, 3.8) is 0 Å². The van der Waals surface area contributed by atoms with Crippen LogP contribution >= 0.6 is 0 Å². The van der Waals surface area contributed by atoms with E-state index in [4.69, 9.17) is 5.73 Å². The molecule has 1 heterocycles. The van der Waals surface area contributed by atoms with Crippen molar-refractivity contribution in [2.75, 3.05) is 19.6 Å². The Morgan fingerprint density at radius 1 is 1.00 bits per heavy atom. The molecule has 2 aliphatic rings. The molecular weight excluding hydrogens is 220 g/mol. The van der Waals surface area contributed by atoms with Crippen LogP contribution in [-0.4, -0.2) is 30.1 Å². The quantitative estimate of drug-likeness (QED) is 0.818. The van der Waals surface area contributed by atoms with E-state index in [2.05, 4.69) is 32.6 Å². The molecule has 2 fully saturated rings. The summed E-state index contributed by atoms with van der Waals surface area (Å²) < 4.78 is 0. The van der Waals surface area contributed by atoms with Crippen molar-refractivity contribution in [1.29, 1.82) is 0 Å². The maximum absolute atomic E-state index is 6.22. The van der Waals surface area contributed by atoms with Crippen LogP contribution < -0.4 is 5.73 Å². The van der Waals surface area contributed by atoms with Crippen LogP contribution in [0.3, 0.4) is 0 Å². The highest BCUT2D eigenvalue weighted by atomic mass is 15.2. The van der Waals surface area contributed by atoms with E-state index in [9.17, 15) is 0 Å². The van der Waals surface area contributed by atoms with Crippen LogP contribution in [0.25, 0.3) is 0 Å². The Hall–Kier alpha value is -0.0800. The number of nitrogens with zero attached hydrogens (tertiary/aromatic N) is 1. The third-order valence-electron chi connectivity index (χ3n) is 6.12. The summed E-state index contributed by atoms with van der Waals surface area (Å²) in [6, 6.07) is 0. The molecule has 0 radical (unpaired) electrons. The average Bonchev–Trinajstić information content (AvgIpc) is 2.36. The monoisotopic (exact) mass is 252 g/mol. The number of hydrogen-bond acceptors (Lipinski definition) is 2. The average molecular weight is 252 g/mol. The highest BCUT2D eigenvalue weighted by molar-refractivity contribution is 4.99. The predicted octanol–water partition coefficient (Wildman–Crippen LogP) is 3.12. The number of piperidine rings is 1. The van der Waals surface area contributed by atoms with E-state index in [1.54, 1.807) is 0 Å². The molecule has 1 aliphatic carbocycles. The Bertz CT molecular complexity index is 278. The molecule has 2 N–H and O–H groups in total. The third-order valence-corrected chi connectivity index (χ3v) is 6.12. The zero-order chi connectivity index (χ0) is 13.3. The molecule has 2 heteroatoms. The van der Waals surface area contributed by atoms with Gasteiger partial charge in [-0.2, -0.15) is 0 Å². The number of nitrogens with two attached hydrogens (primary N) is 1. The summed E-state index contributed by atoms with van der Waals surface area (Å²) in [5, 5.41) is 0. The van der Waals surface area contributed by atoms with E-state index in [0.717, 1.165) is 30.2 Å². The van der Waals surface area contributed by atoms with E-state index < -0.39 is 0 Å². The molecule has 1 aliphatic heterocycles. The highest BCUT2D eigenvalue weighted by Gasteiger charge is 2.43. The van der Waals surface area contributed by atoms with E-state index in [1.165, 1.54) is 38.8 Å². The van der Waals surface area contributed by atoms with Crippen LogP contribution in [0.1, 0.15) is 53.4 Å². The summed E-state index contributed by atoms with van der Waals surface area (Å²) in [5.41, 5.74) is 6.53. The third kappa shape index (κ3) is 2.60. The lowest BCUT2D eigenvalue weighted by Crippen LogP contribution is -2.60. The van der Waals surface area contributed by atoms with Gasteiger partial charge in [0.05, 0.1) is 0 Å². The minimum atomic E-state index is 0.320. The Balaban J connectivity index is 2.08. The van der Waals surface area contributed by atoms with Crippen molar-refractivity contribution in [2.45, 2.75) is 58.9 Å². The first-order chi connectivity index (χ1) is 8.48. The Labute approximate surface area is 113 Å². The van der Waals surface area contributed by atoms with Crippen molar-refractivity contribution in [3.05, 3.63) is 0 Å². The Kier molecular flexibility index (Phi) is 4.38. The molecule has 2 rings (SSSR count). The first kappa shape index (κ1) is 14.3. The molecule has 0 aromatic carbocycles. The van der Waals surface area contributed by atoms with Crippen LogP contribution in [0.4, 0.5) is 0 Å². The van der Waals surface area contributed by atoms with Crippen molar-refractivity contribution in [2.24, 2.45) is 29.4 Å². The summed E-state index contributed by atoms with van der Waals surface area (Å²) >= 11 is 0. The lowest BCUT2D eigenvalue weighted by Gasteiger charge is -2.52. The van der Waals surface area contributed by atoms with E-state index in [1.807, 2.05) is 0 Å². The number of hydrogen-bond donors (Lipinski definition) is 1. The van der Waals surface area contributed by atoms with Gasteiger partial charge in [-0.3, -0.25) is 4.90 Å². The molecule has 0 spiro atoms. The van der Waals surface area contributed by atoms with Gasteiger partial charge in [0, 0.05) is 18.6 Å². The molecule has 0 bridgehead atoms. The summed E-state index contributed by atoms with van der Waals surface area (Å²) in [5.74, 6) is 3.43. The normalized spacial score (nSPS) is 47.2. The Morgan fingerprint density at radius 2 is 1.67 bits per heavy atom. The fraction of sp³-hybridized carbons (Fsp3) is 1.00. The lowest BCUT2D eigenvalue weighted by atomic mass is 9.69. The zero-order valence-corrected chi connectivity index (χ0v) is 12.8. The molecule has 0 amide bonds. The second-order valence-electron chi connectivity index (χ2n) is 7.32. The SMILES string of the molecule is CC1CCN(C2(CN)CCC(C)C(C)C2)CC1C. The van der Waals surface area contributed by atoms with Crippen LogP contribution in [0.2, 0.25) is 0 Å². The van der Waals surface area contributed by atoms with Crippen LogP contribution in [-0.2, 0) is 0 Å². The van der Waals surface area contributed by atoms with Gasteiger partial charge in [0.2, 0.25) is 0 Å². The molecule has 106 valence electrons. The Morgan fingerprint density at radius 3 is 2.22 bits per heavy atom. The van der Waals surface area contributed by atoms with Gasteiger partial charge in [-0.25, -0.2) is 0 Å². The maximum atomic E-state index is 6.22. The molecule has 18 heavy (non-hydrogen) atoms. The molecule has 1 saturated heterocycles. The zero-order valence-electron chi connectivity index (χ0n) is 12.8. The number of likely N-dealkylation sites (tertiary alicyclic amines) is 1. The smallest absolute Gasteiger partial charge is 0.0334 e. The maximum Gasteiger partial charge on any atom is 0.0334 e. The van der Waals surface area contributed by atoms with Gasteiger partial charge in [-0.1, -0.05) is 27.7 Å². The van der Waals surface area contributed by atoms with Gasteiger partial charge in [0.1, 0.15) is 0 Å². The molecule has 5 unspecified atom stereocenters. The van der Waals surface area contributed by atoms with Gasteiger partial charge in [-0.05, 0) is 55.9 Å². The molecule has 0 aromatic rings. The van der Waals surface area contributed by atoms with Crippen LogP contribution in [0.5, 0.6) is 0 Å². The summed E-state index contributed by atoms with van der Waals surface area (Å²) in [6.45, 7) is 13.0. The van der Waals surface area contributed by atoms with Crippen molar-refractivity contribution in [1.82, 2.24) is 4.90 Å². The minimum Gasteiger partial charge on any atom is -0.329 e. The molecule has 0 aromatic heterocycles.